The van der Waals surface area contributed by atoms with E-state index >= 15 is 0 Å². The monoisotopic (exact) mass is 274 g/mol. The van der Waals surface area contributed by atoms with E-state index in [2.05, 4.69) is 10.6 Å². The fourth-order valence-corrected chi connectivity index (χ4v) is 2.30. The van der Waals surface area contributed by atoms with E-state index in [4.69, 9.17) is 9.84 Å². The van der Waals surface area contributed by atoms with Crippen LogP contribution in [0, 0.1) is 5.41 Å². The molecule has 0 aromatic carbocycles. The predicted molar refractivity (Wildman–Crippen MR) is 67.7 cm³/mol. The van der Waals surface area contributed by atoms with E-state index in [0.717, 1.165) is 0 Å². The lowest BCUT2D eigenvalue weighted by molar-refractivity contribution is -0.148. The first-order valence-corrected chi connectivity index (χ1v) is 6.34. The van der Waals surface area contributed by atoms with Crippen LogP contribution < -0.4 is 10.6 Å². The molecule has 7 nitrogen and oxygen atoms in total. The number of carboxylic acids is 1. The van der Waals surface area contributed by atoms with E-state index in [-0.39, 0.29) is 12.5 Å². The number of nitrogens with one attached hydrogen (secondary N) is 2. The van der Waals surface area contributed by atoms with Gasteiger partial charge in [0.1, 0.15) is 0 Å². The standard InChI is InChI=1S/C12H22N2O5/c1-8(15)9(10(16)17)14-11(18)12(7-19-2)3-5-13-6-4-12/h8-9,13,15H,3-7H2,1-2H3,(H,14,18)(H,16,17)/t8-,9+/m1/s1. The lowest BCUT2D eigenvalue weighted by Gasteiger charge is -2.36. The number of hydrogen-bond donors (Lipinski definition) is 4. The Morgan fingerprint density at radius 3 is 2.42 bits per heavy atom. The van der Waals surface area contributed by atoms with Gasteiger partial charge in [0.15, 0.2) is 6.04 Å². The lowest BCUT2D eigenvalue weighted by Crippen LogP contribution is -2.56. The summed E-state index contributed by atoms with van der Waals surface area (Å²) in [6.45, 7) is 2.95. The summed E-state index contributed by atoms with van der Waals surface area (Å²) < 4.78 is 5.11. The van der Waals surface area contributed by atoms with Crippen LogP contribution in [-0.4, -0.2) is 61.0 Å². The third kappa shape index (κ3) is 3.89. The van der Waals surface area contributed by atoms with E-state index < -0.39 is 23.5 Å². The van der Waals surface area contributed by atoms with Gasteiger partial charge in [-0.3, -0.25) is 4.79 Å². The fourth-order valence-electron chi connectivity index (χ4n) is 2.30. The molecule has 4 N–H and O–H groups in total. The zero-order chi connectivity index (χ0) is 14.5. The number of carboxylic acid groups (broad SMARTS) is 1. The van der Waals surface area contributed by atoms with Crippen LogP contribution in [-0.2, 0) is 14.3 Å². The molecular formula is C12H22N2O5. The Kier molecular flexibility index (Phi) is 5.71. The highest BCUT2D eigenvalue weighted by atomic mass is 16.5. The zero-order valence-corrected chi connectivity index (χ0v) is 11.3. The molecule has 1 heterocycles. The number of aliphatic hydroxyl groups is 1. The summed E-state index contributed by atoms with van der Waals surface area (Å²) in [5, 5.41) is 24.0. The summed E-state index contributed by atoms with van der Waals surface area (Å²) in [6.07, 6.45) is 0.0141. The molecule has 1 aliphatic heterocycles. The average molecular weight is 274 g/mol. The van der Waals surface area contributed by atoms with Crippen LogP contribution in [0.2, 0.25) is 0 Å². The topological polar surface area (TPSA) is 108 Å². The smallest absolute Gasteiger partial charge is 0.328 e. The molecule has 2 atom stereocenters. The van der Waals surface area contributed by atoms with Crippen LogP contribution in [0.4, 0.5) is 0 Å². The van der Waals surface area contributed by atoms with Crippen LogP contribution in [0.3, 0.4) is 0 Å². The molecule has 0 aromatic rings. The Bertz CT molecular complexity index is 321. The highest BCUT2D eigenvalue weighted by Crippen LogP contribution is 2.29. The molecule has 1 aliphatic rings. The van der Waals surface area contributed by atoms with E-state index in [9.17, 15) is 14.7 Å². The van der Waals surface area contributed by atoms with Crippen molar-refractivity contribution in [3.05, 3.63) is 0 Å². The highest BCUT2D eigenvalue weighted by molar-refractivity contribution is 5.88. The zero-order valence-electron chi connectivity index (χ0n) is 11.3. The van der Waals surface area contributed by atoms with Crippen LogP contribution in [0.5, 0.6) is 0 Å². The molecule has 1 saturated heterocycles. The fraction of sp³-hybridized carbons (Fsp3) is 0.833. The van der Waals surface area contributed by atoms with Gasteiger partial charge in [-0.2, -0.15) is 0 Å². The van der Waals surface area contributed by atoms with Crippen molar-refractivity contribution in [1.29, 1.82) is 0 Å². The Morgan fingerprint density at radius 2 is 2.00 bits per heavy atom. The third-order valence-corrected chi connectivity index (χ3v) is 3.50. The van der Waals surface area contributed by atoms with Gasteiger partial charge in [0.25, 0.3) is 0 Å². The van der Waals surface area contributed by atoms with E-state index in [0.29, 0.717) is 25.9 Å². The maximum absolute atomic E-state index is 12.3. The Morgan fingerprint density at radius 1 is 1.42 bits per heavy atom. The summed E-state index contributed by atoms with van der Waals surface area (Å²) in [5.74, 6) is -1.62. The maximum atomic E-state index is 12.3. The molecule has 7 heteroatoms. The predicted octanol–water partition coefficient (Wildman–Crippen LogP) is -1.05. The quantitative estimate of drug-likeness (QED) is 0.492. The number of methoxy groups -OCH3 is 1. The molecule has 1 rings (SSSR count). The number of amides is 1. The second kappa shape index (κ2) is 6.83. The number of piperidine rings is 1. The molecule has 1 amide bonds. The minimum atomic E-state index is -1.30. The number of carbonyl (C=O) groups is 2. The van der Waals surface area contributed by atoms with Gasteiger partial charge in [0, 0.05) is 7.11 Å². The van der Waals surface area contributed by atoms with Crippen molar-refractivity contribution in [3.8, 4) is 0 Å². The normalized spacial score (nSPS) is 21.4. The van der Waals surface area contributed by atoms with Gasteiger partial charge in [-0.1, -0.05) is 0 Å². The number of hydrogen-bond acceptors (Lipinski definition) is 5. The van der Waals surface area contributed by atoms with Crippen molar-refractivity contribution in [2.75, 3.05) is 26.8 Å². The van der Waals surface area contributed by atoms with E-state index in [1.807, 2.05) is 0 Å². The number of aliphatic hydroxyl groups excluding tert-OH is 1. The number of ether oxygens (including phenoxy) is 1. The summed E-state index contributed by atoms with van der Waals surface area (Å²) in [6, 6.07) is -1.30. The molecule has 110 valence electrons. The molecule has 19 heavy (non-hydrogen) atoms. The first-order valence-electron chi connectivity index (χ1n) is 6.34. The molecule has 0 spiro atoms. The second-order valence-electron chi connectivity index (χ2n) is 4.99. The average Bonchev–Trinajstić information content (AvgIpc) is 2.36. The minimum absolute atomic E-state index is 0.243. The van der Waals surface area contributed by atoms with Crippen molar-refractivity contribution in [2.45, 2.75) is 31.9 Å². The SMILES string of the molecule is COCC1(C(=O)N[C@H](C(=O)O)[C@@H](C)O)CCNCC1. The van der Waals surface area contributed by atoms with Gasteiger partial charge in [-0.15, -0.1) is 0 Å². The van der Waals surface area contributed by atoms with E-state index in [1.54, 1.807) is 0 Å². The minimum Gasteiger partial charge on any atom is -0.480 e. The molecule has 0 aromatic heterocycles. The first kappa shape index (κ1) is 15.9. The van der Waals surface area contributed by atoms with Gasteiger partial charge in [-0.05, 0) is 32.9 Å². The number of carbonyl (C=O) groups excluding carboxylic acids is 1. The summed E-state index contributed by atoms with van der Waals surface area (Å²) >= 11 is 0. The third-order valence-electron chi connectivity index (χ3n) is 3.50. The summed E-state index contributed by atoms with van der Waals surface area (Å²) in [4.78, 5) is 23.3. The van der Waals surface area contributed by atoms with Crippen molar-refractivity contribution in [2.24, 2.45) is 5.41 Å². The Hall–Kier alpha value is -1.18. The molecule has 0 aliphatic carbocycles. The highest BCUT2D eigenvalue weighted by Gasteiger charge is 2.41. The number of rotatable bonds is 6. The van der Waals surface area contributed by atoms with Crippen LogP contribution >= 0.6 is 0 Å². The van der Waals surface area contributed by atoms with Gasteiger partial charge in [0.05, 0.1) is 18.1 Å². The van der Waals surface area contributed by atoms with Gasteiger partial charge in [0.2, 0.25) is 5.91 Å². The molecule has 0 bridgehead atoms. The summed E-state index contributed by atoms with van der Waals surface area (Å²) in [5.41, 5.74) is -0.720. The second-order valence-corrected chi connectivity index (χ2v) is 4.99. The molecule has 0 radical (unpaired) electrons. The Labute approximate surface area is 112 Å². The van der Waals surface area contributed by atoms with Gasteiger partial charge < -0.3 is 25.6 Å². The Balaban J connectivity index is 2.79. The maximum Gasteiger partial charge on any atom is 0.328 e. The van der Waals surface area contributed by atoms with Gasteiger partial charge >= 0.3 is 5.97 Å². The van der Waals surface area contributed by atoms with Crippen LogP contribution in [0.1, 0.15) is 19.8 Å². The molecule has 1 fully saturated rings. The first-order chi connectivity index (χ1) is 8.93. The van der Waals surface area contributed by atoms with Crippen molar-refractivity contribution < 1.29 is 24.5 Å². The molecular weight excluding hydrogens is 252 g/mol. The van der Waals surface area contributed by atoms with Gasteiger partial charge in [-0.25, -0.2) is 4.79 Å². The van der Waals surface area contributed by atoms with Crippen molar-refractivity contribution >= 4 is 11.9 Å². The number of aliphatic carboxylic acids is 1. The van der Waals surface area contributed by atoms with E-state index in [1.165, 1.54) is 14.0 Å². The largest absolute Gasteiger partial charge is 0.480 e. The van der Waals surface area contributed by atoms with Crippen molar-refractivity contribution in [3.63, 3.8) is 0 Å². The molecule has 0 unspecified atom stereocenters. The lowest BCUT2D eigenvalue weighted by atomic mass is 9.78. The summed E-state index contributed by atoms with van der Waals surface area (Å²) in [7, 11) is 1.51. The molecule has 0 saturated carbocycles. The van der Waals surface area contributed by atoms with Crippen LogP contribution in [0.15, 0.2) is 0 Å². The van der Waals surface area contributed by atoms with Crippen LogP contribution in [0.25, 0.3) is 0 Å². The van der Waals surface area contributed by atoms with Crippen molar-refractivity contribution in [1.82, 2.24) is 10.6 Å².